The van der Waals surface area contributed by atoms with Crippen molar-refractivity contribution in [3.63, 3.8) is 0 Å². The molecule has 0 aliphatic rings. The van der Waals surface area contributed by atoms with Gasteiger partial charge in [0.2, 0.25) is 15.9 Å². The predicted molar refractivity (Wildman–Crippen MR) is 101 cm³/mol. The Hall–Kier alpha value is -2.22. The number of ketones is 1. The number of nitrogens with one attached hydrogen (secondary N) is 2. The summed E-state index contributed by atoms with van der Waals surface area (Å²) in [4.78, 5) is 23.5. The van der Waals surface area contributed by atoms with E-state index in [1.165, 1.54) is 38.1 Å². The van der Waals surface area contributed by atoms with Crippen molar-refractivity contribution in [2.45, 2.75) is 31.7 Å². The van der Waals surface area contributed by atoms with Crippen molar-refractivity contribution in [3.05, 3.63) is 58.6 Å². The third-order valence-corrected chi connectivity index (χ3v) is 5.70. The molecule has 138 valence electrons. The fourth-order valence-electron chi connectivity index (χ4n) is 2.14. The number of halogens is 1. The molecule has 0 unspecified atom stereocenters. The molecule has 2 aromatic rings. The molecule has 0 aromatic heterocycles. The molecular weight excluding hydrogens is 376 g/mol. The number of amides is 1. The van der Waals surface area contributed by atoms with Crippen molar-refractivity contribution in [2.24, 2.45) is 0 Å². The zero-order chi connectivity index (χ0) is 19.5. The lowest BCUT2D eigenvalue weighted by molar-refractivity contribution is -0.117. The number of Topliss-reactive ketones (excluding diaryl/α,β-unsaturated/α-hetero) is 1. The smallest absolute Gasteiger partial charge is 0.242 e. The number of hydrogen-bond donors (Lipinski definition) is 2. The van der Waals surface area contributed by atoms with Crippen LogP contribution in [0.25, 0.3) is 0 Å². The molecule has 1 atom stereocenters. The average molecular weight is 395 g/mol. The van der Waals surface area contributed by atoms with Crippen LogP contribution in [0.2, 0.25) is 5.02 Å². The fourth-order valence-corrected chi connectivity index (χ4v) is 3.53. The van der Waals surface area contributed by atoms with E-state index < -0.39 is 22.0 Å². The van der Waals surface area contributed by atoms with Gasteiger partial charge in [0.05, 0.1) is 10.9 Å². The summed E-state index contributed by atoms with van der Waals surface area (Å²) in [6, 6.07) is 9.52. The van der Waals surface area contributed by atoms with Crippen molar-refractivity contribution in [2.75, 3.05) is 5.32 Å². The molecule has 8 heteroatoms. The number of hydrogen-bond acceptors (Lipinski definition) is 4. The van der Waals surface area contributed by atoms with Gasteiger partial charge in [0.1, 0.15) is 0 Å². The lowest BCUT2D eigenvalue weighted by Crippen LogP contribution is -2.41. The molecule has 26 heavy (non-hydrogen) atoms. The number of anilines is 1. The maximum Gasteiger partial charge on any atom is 0.242 e. The molecule has 2 N–H and O–H groups in total. The van der Waals surface area contributed by atoms with E-state index in [1.54, 1.807) is 18.2 Å². The average Bonchev–Trinajstić information content (AvgIpc) is 2.57. The maximum atomic E-state index is 12.4. The number of sulfonamides is 1. The van der Waals surface area contributed by atoms with E-state index in [-0.39, 0.29) is 10.7 Å². The van der Waals surface area contributed by atoms with Crippen LogP contribution in [-0.4, -0.2) is 26.2 Å². The molecule has 0 bridgehead atoms. The third-order valence-electron chi connectivity index (χ3n) is 3.74. The Morgan fingerprint density at radius 3 is 2.23 bits per heavy atom. The van der Waals surface area contributed by atoms with Gasteiger partial charge in [0.15, 0.2) is 5.78 Å². The van der Waals surface area contributed by atoms with Crippen LogP contribution in [0, 0.1) is 6.92 Å². The van der Waals surface area contributed by atoms with Crippen LogP contribution in [-0.2, 0) is 14.8 Å². The number of carbonyl (C=O) groups is 2. The lowest BCUT2D eigenvalue weighted by atomic mass is 10.2. The second-order valence-corrected chi connectivity index (χ2v) is 8.00. The van der Waals surface area contributed by atoms with Crippen LogP contribution in [0.15, 0.2) is 47.4 Å². The maximum absolute atomic E-state index is 12.4. The largest absolute Gasteiger partial charge is 0.325 e. The first-order valence-electron chi connectivity index (χ1n) is 7.80. The van der Waals surface area contributed by atoms with E-state index in [2.05, 4.69) is 10.0 Å². The van der Waals surface area contributed by atoms with Gasteiger partial charge in [-0.2, -0.15) is 4.72 Å². The summed E-state index contributed by atoms with van der Waals surface area (Å²) >= 11 is 6.01. The standard InChI is InChI=1S/C18H19ClN2O4S/c1-11-4-7-15(10-17(11)19)20-18(23)12(2)21-26(24,25)16-8-5-14(6-9-16)13(3)22/h4-10,12,21H,1-3H3,(H,20,23)/t12-/m0/s1. The molecule has 0 fully saturated rings. The zero-order valence-electron chi connectivity index (χ0n) is 14.5. The minimum atomic E-state index is -3.90. The molecule has 0 saturated heterocycles. The number of rotatable bonds is 6. The van der Waals surface area contributed by atoms with Crippen LogP contribution >= 0.6 is 11.6 Å². The van der Waals surface area contributed by atoms with Crippen molar-refractivity contribution in [1.82, 2.24) is 4.72 Å². The molecule has 0 aliphatic carbocycles. The summed E-state index contributed by atoms with van der Waals surface area (Å²) in [5.41, 5.74) is 1.75. The molecular formula is C18H19ClN2O4S. The highest BCUT2D eigenvalue weighted by molar-refractivity contribution is 7.89. The molecule has 6 nitrogen and oxygen atoms in total. The monoisotopic (exact) mass is 394 g/mol. The second kappa shape index (κ2) is 7.99. The normalized spacial score (nSPS) is 12.5. The minimum Gasteiger partial charge on any atom is -0.325 e. The Kier molecular flexibility index (Phi) is 6.17. The Balaban J connectivity index is 2.08. The van der Waals surface area contributed by atoms with Crippen molar-refractivity contribution in [1.29, 1.82) is 0 Å². The van der Waals surface area contributed by atoms with Crippen LogP contribution in [0.1, 0.15) is 29.8 Å². The first-order chi connectivity index (χ1) is 12.1. The van der Waals surface area contributed by atoms with E-state index >= 15 is 0 Å². The molecule has 0 heterocycles. The van der Waals surface area contributed by atoms with E-state index in [0.29, 0.717) is 16.3 Å². The zero-order valence-corrected chi connectivity index (χ0v) is 16.1. The summed E-state index contributed by atoms with van der Waals surface area (Å²) in [6.45, 7) is 4.67. The molecule has 0 radical (unpaired) electrons. The number of carbonyl (C=O) groups excluding carboxylic acids is 2. The van der Waals surface area contributed by atoms with Gasteiger partial charge in [0.25, 0.3) is 0 Å². The summed E-state index contributed by atoms with van der Waals surface area (Å²) in [5, 5.41) is 3.11. The van der Waals surface area contributed by atoms with E-state index in [0.717, 1.165) is 5.56 Å². The Labute approximate surface area is 157 Å². The number of benzene rings is 2. The van der Waals surface area contributed by atoms with Crippen LogP contribution in [0.3, 0.4) is 0 Å². The van der Waals surface area contributed by atoms with Crippen LogP contribution in [0.4, 0.5) is 5.69 Å². The molecule has 2 rings (SSSR count). The van der Waals surface area contributed by atoms with Crippen molar-refractivity contribution >= 4 is 39.0 Å². The Morgan fingerprint density at radius 2 is 1.69 bits per heavy atom. The first kappa shape index (κ1) is 20.1. The van der Waals surface area contributed by atoms with E-state index in [9.17, 15) is 18.0 Å². The van der Waals surface area contributed by atoms with Gasteiger partial charge >= 0.3 is 0 Å². The summed E-state index contributed by atoms with van der Waals surface area (Å²) in [5.74, 6) is -0.680. The summed E-state index contributed by atoms with van der Waals surface area (Å²) in [7, 11) is -3.90. The van der Waals surface area contributed by atoms with E-state index in [1.807, 2.05) is 6.92 Å². The van der Waals surface area contributed by atoms with E-state index in [4.69, 9.17) is 11.6 Å². The third kappa shape index (κ3) is 4.91. The predicted octanol–water partition coefficient (Wildman–Crippen LogP) is 3.16. The molecule has 0 saturated carbocycles. The quantitative estimate of drug-likeness (QED) is 0.736. The molecule has 0 spiro atoms. The van der Waals surface area contributed by atoms with Crippen LogP contribution in [0.5, 0.6) is 0 Å². The second-order valence-electron chi connectivity index (χ2n) is 5.88. The van der Waals surface area contributed by atoms with Gasteiger partial charge in [-0.1, -0.05) is 29.8 Å². The lowest BCUT2D eigenvalue weighted by Gasteiger charge is -2.15. The number of aryl methyl sites for hydroxylation is 1. The van der Waals surface area contributed by atoms with Crippen LogP contribution < -0.4 is 10.0 Å². The topological polar surface area (TPSA) is 92.3 Å². The Morgan fingerprint density at radius 1 is 1.08 bits per heavy atom. The van der Waals surface area contributed by atoms with Gasteiger partial charge in [-0.05, 0) is 50.6 Å². The Bertz CT molecular complexity index is 940. The minimum absolute atomic E-state index is 0.0273. The van der Waals surface area contributed by atoms with Crippen molar-refractivity contribution < 1.29 is 18.0 Å². The first-order valence-corrected chi connectivity index (χ1v) is 9.66. The highest BCUT2D eigenvalue weighted by Crippen LogP contribution is 2.20. The van der Waals surface area contributed by atoms with Gasteiger partial charge in [-0.25, -0.2) is 8.42 Å². The highest BCUT2D eigenvalue weighted by atomic mass is 35.5. The van der Waals surface area contributed by atoms with Gasteiger partial charge in [-0.15, -0.1) is 0 Å². The van der Waals surface area contributed by atoms with Gasteiger partial charge in [-0.3, -0.25) is 9.59 Å². The molecule has 2 aromatic carbocycles. The summed E-state index contributed by atoms with van der Waals surface area (Å²) < 4.78 is 27.1. The van der Waals surface area contributed by atoms with Crippen molar-refractivity contribution in [3.8, 4) is 0 Å². The highest BCUT2D eigenvalue weighted by Gasteiger charge is 2.22. The SMILES string of the molecule is CC(=O)c1ccc(S(=O)(=O)N[C@@H](C)C(=O)Nc2ccc(C)c(Cl)c2)cc1. The van der Waals surface area contributed by atoms with Gasteiger partial charge < -0.3 is 5.32 Å². The van der Waals surface area contributed by atoms with Gasteiger partial charge in [0, 0.05) is 16.3 Å². The fraction of sp³-hybridized carbons (Fsp3) is 0.222. The molecule has 0 aliphatic heterocycles. The molecule has 1 amide bonds. The summed E-state index contributed by atoms with van der Waals surface area (Å²) in [6.07, 6.45) is 0.